The largest absolute Gasteiger partial charge is 0.476 e. The molecule has 0 spiro atoms. The topological polar surface area (TPSA) is 110 Å². The minimum Gasteiger partial charge on any atom is -0.476 e. The molecule has 0 fully saturated rings. The zero-order valence-electron chi connectivity index (χ0n) is 26.0. The first-order valence-electron chi connectivity index (χ1n) is 14.2. The molecule has 3 aromatic rings. The number of methoxy groups -OCH3 is 1. The highest BCUT2D eigenvalue weighted by Gasteiger charge is 2.30. The predicted molar refractivity (Wildman–Crippen MR) is 162 cm³/mol. The van der Waals surface area contributed by atoms with E-state index in [2.05, 4.69) is 53.5 Å². The van der Waals surface area contributed by atoms with Crippen molar-refractivity contribution in [1.82, 2.24) is 24.7 Å². The summed E-state index contributed by atoms with van der Waals surface area (Å²) in [6.07, 6.45) is 5.34. The molecule has 0 aliphatic rings. The molecule has 10 nitrogen and oxygen atoms in total. The molecular formula is C30H45N5O5Si. The third-order valence-corrected chi connectivity index (χ3v) is 8.44. The van der Waals surface area contributed by atoms with Gasteiger partial charge >= 0.3 is 12.0 Å². The highest BCUT2D eigenvalue weighted by atomic mass is 28.3. The third kappa shape index (κ3) is 9.09. The van der Waals surface area contributed by atoms with E-state index in [1.165, 1.54) is 7.11 Å². The van der Waals surface area contributed by atoms with Gasteiger partial charge in [-0.3, -0.25) is 9.78 Å². The molecule has 0 unspecified atom stereocenters. The van der Waals surface area contributed by atoms with Crippen LogP contribution in [-0.2, 0) is 21.0 Å². The second kappa shape index (κ2) is 14.0. The number of pyridine rings is 2. The number of carbonyl (C=O) groups excluding carboxylic acids is 1. The molecule has 11 heteroatoms. The molecule has 0 atom stereocenters. The molecule has 0 saturated heterocycles. The molecular weight excluding hydrogens is 538 g/mol. The Balaban J connectivity index is 1.76. The average molecular weight is 584 g/mol. The van der Waals surface area contributed by atoms with Crippen molar-refractivity contribution >= 4 is 14.0 Å². The van der Waals surface area contributed by atoms with Gasteiger partial charge in [-0.05, 0) is 51.3 Å². The van der Waals surface area contributed by atoms with E-state index in [0.29, 0.717) is 30.0 Å². The molecule has 3 rings (SSSR count). The van der Waals surface area contributed by atoms with Crippen LogP contribution in [0.2, 0.25) is 25.7 Å². The Hall–Kier alpha value is -3.31. The first-order valence-corrected chi connectivity index (χ1v) is 17.9. The van der Waals surface area contributed by atoms with Crippen molar-refractivity contribution in [1.29, 1.82) is 0 Å². The highest BCUT2D eigenvalue weighted by Crippen LogP contribution is 2.28. The molecule has 224 valence electrons. The van der Waals surface area contributed by atoms with Gasteiger partial charge in [0.1, 0.15) is 25.1 Å². The summed E-state index contributed by atoms with van der Waals surface area (Å²) < 4.78 is 24.4. The highest BCUT2D eigenvalue weighted by molar-refractivity contribution is 6.76. The van der Waals surface area contributed by atoms with Gasteiger partial charge in [0.15, 0.2) is 0 Å². The molecule has 0 amide bonds. The Morgan fingerprint density at radius 2 is 1.83 bits per heavy atom. The van der Waals surface area contributed by atoms with Crippen LogP contribution in [0.1, 0.15) is 46.1 Å². The average Bonchev–Trinajstić information content (AvgIpc) is 3.34. The number of esters is 1. The molecule has 0 aliphatic carbocycles. The van der Waals surface area contributed by atoms with E-state index in [-0.39, 0.29) is 25.4 Å². The number of rotatable bonds is 15. The zero-order chi connectivity index (χ0) is 30.2. The number of nitrogens with zero attached hydrogens (tertiary/aromatic N) is 5. The Bertz CT molecular complexity index is 1280. The Morgan fingerprint density at radius 3 is 2.41 bits per heavy atom. The summed E-state index contributed by atoms with van der Waals surface area (Å²) in [4.78, 5) is 25.7. The van der Waals surface area contributed by atoms with Crippen molar-refractivity contribution in [3.05, 3.63) is 36.2 Å². The van der Waals surface area contributed by atoms with Crippen LogP contribution in [-0.4, -0.2) is 65.2 Å². The number of hydrogen-bond donors (Lipinski definition) is 0. The number of hydrogen-bond acceptors (Lipinski definition) is 9. The smallest absolute Gasteiger partial charge is 0.317 e. The summed E-state index contributed by atoms with van der Waals surface area (Å²) in [5.74, 6) is 0.595. The second-order valence-electron chi connectivity index (χ2n) is 12.1. The van der Waals surface area contributed by atoms with Gasteiger partial charge in [0, 0.05) is 44.3 Å². The van der Waals surface area contributed by atoms with Crippen LogP contribution in [0.25, 0.3) is 22.6 Å². The van der Waals surface area contributed by atoms with Crippen LogP contribution in [0.5, 0.6) is 11.9 Å². The number of aromatic nitrogens is 5. The molecule has 0 aromatic carbocycles. The normalized spacial score (nSPS) is 12.0. The monoisotopic (exact) mass is 583 g/mol. The summed E-state index contributed by atoms with van der Waals surface area (Å²) in [5, 5.41) is 4.67. The number of aryl methyl sites for hydroxylation is 1. The van der Waals surface area contributed by atoms with Crippen LogP contribution in [0.4, 0.5) is 0 Å². The maximum Gasteiger partial charge on any atom is 0.317 e. The van der Waals surface area contributed by atoms with Crippen molar-refractivity contribution in [3.63, 3.8) is 0 Å². The molecule has 0 radical (unpaired) electrons. The lowest BCUT2D eigenvalue weighted by atomic mass is 9.95. The maximum atomic E-state index is 11.9. The number of carbonyl (C=O) groups is 1. The van der Waals surface area contributed by atoms with Gasteiger partial charge < -0.3 is 18.9 Å². The zero-order valence-corrected chi connectivity index (χ0v) is 27.0. The quantitative estimate of drug-likeness (QED) is 0.118. The summed E-state index contributed by atoms with van der Waals surface area (Å²) in [6.45, 7) is 17.8. The van der Waals surface area contributed by atoms with Crippen LogP contribution in [0, 0.1) is 12.3 Å². The van der Waals surface area contributed by atoms with Crippen LogP contribution in [0.3, 0.4) is 0 Å². The van der Waals surface area contributed by atoms with Crippen molar-refractivity contribution in [2.75, 3.05) is 20.3 Å². The van der Waals surface area contributed by atoms with E-state index in [1.54, 1.807) is 30.9 Å². The predicted octanol–water partition coefficient (Wildman–Crippen LogP) is 6.17. The lowest BCUT2D eigenvalue weighted by molar-refractivity contribution is -0.152. The summed E-state index contributed by atoms with van der Waals surface area (Å²) in [6, 6.07) is 7.24. The summed E-state index contributed by atoms with van der Waals surface area (Å²) in [5.41, 5.74) is 2.67. The molecule has 0 aliphatic heterocycles. The fourth-order valence-electron chi connectivity index (χ4n) is 3.93. The van der Waals surface area contributed by atoms with E-state index >= 15 is 0 Å². The lowest BCUT2D eigenvalue weighted by Gasteiger charge is -2.21. The molecule has 3 aromatic heterocycles. The standard InChI is InChI=1S/C30H45N5O5Si/c1-10-23(11-2)40-29-33-27(34-35(29)20-38-14-15-41(7,8)9)25-13-12-22(17-31-25)24-18-32-26(16-21(24)3)39-19-30(4,5)28(36)37-6/h12-13,16-18,23H,10-11,14-15,19-20H2,1-9H3. The Labute approximate surface area is 244 Å². The maximum absolute atomic E-state index is 11.9. The van der Waals surface area contributed by atoms with Gasteiger partial charge in [0.05, 0.1) is 12.5 Å². The molecule has 41 heavy (non-hydrogen) atoms. The minimum atomic E-state index is -1.19. The SMILES string of the molecule is CCC(CC)Oc1nc(-c2ccc(-c3cnc(OCC(C)(C)C(=O)OC)cc3C)cn2)nn1COCC[Si](C)(C)C. The van der Waals surface area contributed by atoms with Gasteiger partial charge in [-0.2, -0.15) is 9.67 Å². The van der Waals surface area contributed by atoms with Crippen molar-refractivity contribution in [2.24, 2.45) is 5.41 Å². The van der Waals surface area contributed by atoms with Crippen LogP contribution < -0.4 is 9.47 Å². The fourth-order valence-corrected chi connectivity index (χ4v) is 4.68. The molecule has 0 bridgehead atoms. The molecule has 0 saturated carbocycles. The first-order chi connectivity index (χ1) is 19.4. The van der Waals surface area contributed by atoms with Crippen molar-refractivity contribution in [3.8, 4) is 34.5 Å². The first kappa shape index (κ1) is 32.2. The lowest BCUT2D eigenvalue weighted by Crippen LogP contribution is -2.32. The molecule has 3 heterocycles. The van der Waals surface area contributed by atoms with Crippen molar-refractivity contribution < 1.29 is 23.7 Å². The Morgan fingerprint density at radius 1 is 1.10 bits per heavy atom. The Kier molecular flexibility index (Phi) is 11.0. The van der Waals surface area contributed by atoms with E-state index in [9.17, 15) is 4.79 Å². The van der Waals surface area contributed by atoms with Gasteiger partial charge in [0.2, 0.25) is 11.7 Å². The van der Waals surface area contributed by atoms with Gasteiger partial charge in [-0.1, -0.05) is 39.6 Å². The van der Waals surface area contributed by atoms with E-state index in [0.717, 1.165) is 35.6 Å². The molecule has 0 N–H and O–H groups in total. The second-order valence-corrected chi connectivity index (χ2v) is 17.7. The fraction of sp³-hybridized carbons (Fsp3) is 0.567. The summed E-state index contributed by atoms with van der Waals surface area (Å²) in [7, 11) is 0.176. The van der Waals surface area contributed by atoms with Crippen LogP contribution in [0.15, 0.2) is 30.6 Å². The van der Waals surface area contributed by atoms with Gasteiger partial charge in [-0.25, -0.2) is 4.98 Å². The van der Waals surface area contributed by atoms with E-state index < -0.39 is 13.5 Å². The number of ether oxygens (including phenoxy) is 4. The summed E-state index contributed by atoms with van der Waals surface area (Å²) >= 11 is 0. The van der Waals surface area contributed by atoms with Gasteiger partial charge in [0.25, 0.3) is 0 Å². The third-order valence-electron chi connectivity index (χ3n) is 6.74. The van der Waals surface area contributed by atoms with Crippen molar-refractivity contribution in [2.45, 2.75) is 86.0 Å². The van der Waals surface area contributed by atoms with Gasteiger partial charge in [-0.15, -0.1) is 5.10 Å². The van der Waals surface area contributed by atoms with E-state index in [1.807, 2.05) is 25.1 Å². The minimum absolute atomic E-state index is 0.0529. The van der Waals surface area contributed by atoms with Crippen LogP contribution >= 0.6 is 0 Å². The van der Waals surface area contributed by atoms with E-state index in [4.69, 9.17) is 18.9 Å².